The minimum Gasteiger partial charge on any atom is -0.367 e. The van der Waals surface area contributed by atoms with Gasteiger partial charge in [-0.1, -0.05) is 0 Å². The monoisotopic (exact) mass is 380 g/mol. The molecule has 1 N–H and O–H groups in total. The molecule has 1 atom stereocenters. The van der Waals surface area contributed by atoms with Crippen molar-refractivity contribution in [3.8, 4) is 11.4 Å². The third-order valence-corrected chi connectivity index (χ3v) is 5.56. The molecule has 0 aromatic carbocycles. The Morgan fingerprint density at radius 2 is 2.19 bits per heavy atom. The highest BCUT2D eigenvalue weighted by Crippen LogP contribution is 2.23. The Balaban J connectivity index is 1.37. The molecule has 0 spiro atoms. The van der Waals surface area contributed by atoms with Gasteiger partial charge in [0.25, 0.3) is 0 Å². The number of aromatic nitrogens is 6. The normalized spacial score (nSPS) is 17.5. The summed E-state index contributed by atoms with van der Waals surface area (Å²) in [7, 11) is 1.95. The molecule has 0 saturated carbocycles. The highest BCUT2D eigenvalue weighted by atomic mass is 32.1. The Kier molecular flexibility index (Phi) is 4.01. The molecule has 138 valence electrons. The van der Waals surface area contributed by atoms with Crippen LogP contribution in [0.1, 0.15) is 12.8 Å². The molecule has 0 amide bonds. The average molecular weight is 380 g/mol. The van der Waals surface area contributed by atoms with Crippen molar-refractivity contribution >= 4 is 28.5 Å². The minimum absolute atomic E-state index is 0.338. The fourth-order valence-electron chi connectivity index (χ4n) is 3.55. The third kappa shape index (κ3) is 3.14. The number of nitrogens with zero attached hydrogens (tertiary/aromatic N) is 7. The molecular formula is C18H20N8S. The first-order chi connectivity index (χ1) is 13.3. The van der Waals surface area contributed by atoms with E-state index < -0.39 is 0 Å². The molecule has 0 radical (unpaired) electrons. The zero-order valence-corrected chi connectivity index (χ0v) is 15.8. The van der Waals surface area contributed by atoms with E-state index in [0.29, 0.717) is 6.04 Å². The molecule has 9 heteroatoms. The summed E-state index contributed by atoms with van der Waals surface area (Å²) in [6.07, 6.45) is 6.26. The number of aryl methyl sites for hydroxylation is 1. The molecule has 5 rings (SSSR count). The van der Waals surface area contributed by atoms with Crippen LogP contribution in [0, 0.1) is 0 Å². The predicted octanol–water partition coefficient (Wildman–Crippen LogP) is 2.67. The molecule has 4 aromatic heterocycles. The van der Waals surface area contributed by atoms with Gasteiger partial charge in [-0.3, -0.25) is 4.68 Å². The van der Waals surface area contributed by atoms with E-state index in [-0.39, 0.29) is 0 Å². The SMILES string of the molecule is Cn1cc(N2CCCC(Nc3ccc4nnc(-c5ccsc5)n4n3)C2)cn1. The maximum Gasteiger partial charge on any atom is 0.186 e. The second-order valence-electron chi connectivity index (χ2n) is 6.83. The number of nitrogens with one attached hydrogen (secondary N) is 1. The van der Waals surface area contributed by atoms with Gasteiger partial charge in [0.15, 0.2) is 11.5 Å². The molecule has 1 aliphatic rings. The second-order valence-corrected chi connectivity index (χ2v) is 7.61. The van der Waals surface area contributed by atoms with Gasteiger partial charge in [-0.25, -0.2) is 0 Å². The van der Waals surface area contributed by atoms with E-state index in [1.165, 1.54) is 5.69 Å². The van der Waals surface area contributed by atoms with Crippen LogP contribution < -0.4 is 10.2 Å². The molecule has 4 aromatic rings. The maximum atomic E-state index is 4.74. The molecule has 1 fully saturated rings. The molecule has 0 bridgehead atoms. The maximum absolute atomic E-state index is 4.74. The predicted molar refractivity (Wildman–Crippen MR) is 106 cm³/mol. The Morgan fingerprint density at radius 3 is 3.00 bits per heavy atom. The van der Waals surface area contributed by atoms with E-state index >= 15 is 0 Å². The van der Waals surface area contributed by atoms with E-state index in [1.807, 2.05) is 46.0 Å². The van der Waals surface area contributed by atoms with Gasteiger partial charge >= 0.3 is 0 Å². The summed E-state index contributed by atoms with van der Waals surface area (Å²) >= 11 is 1.64. The van der Waals surface area contributed by atoms with Gasteiger partial charge in [0.2, 0.25) is 0 Å². The smallest absolute Gasteiger partial charge is 0.186 e. The van der Waals surface area contributed by atoms with Crippen molar-refractivity contribution in [1.29, 1.82) is 0 Å². The molecular weight excluding hydrogens is 360 g/mol. The van der Waals surface area contributed by atoms with Gasteiger partial charge in [-0.05, 0) is 36.4 Å². The Morgan fingerprint density at radius 1 is 1.22 bits per heavy atom. The first-order valence-corrected chi connectivity index (χ1v) is 9.96. The number of anilines is 2. The lowest BCUT2D eigenvalue weighted by Gasteiger charge is -2.34. The van der Waals surface area contributed by atoms with E-state index in [9.17, 15) is 0 Å². The van der Waals surface area contributed by atoms with Crippen LogP contribution in [0.5, 0.6) is 0 Å². The van der Waals surface area contributed by atoms with Crippen molar-refractivity contribution in [2.24, 2.45) is 7.05 Å². The molecule has 27 heavy (non-hydrogen) atoms. The Bertz CT molecular complexity index is 1050. The summed E-state index contributed by atoms with van der Waals surface area (Å²) in [6, 6.07) is 6.31. The van der Waals surface area contributed by atoms with E-state index in [0.717, 1.165) is 48.8 Å². The van der Waals surface area contributed by atoms with Gasteiger partial charge in [-0.2, -0.15) is 21.0 Å². The molecule has 8 nitrogen and oxygen atoms in total. The summed E-state index contributed by atoms with van der Waals surface area (Å²) in [5, 5.41) is 25.2. The van der Waals surface area contributed by atoms with Crippen molar-refractivity contribution in [2.75, 3.05) is 23.3 Å². The van der Waals surface area contributed by atoms with Crippen LogP contribution in [-0.4, -0.2) is 48.7 Å². The first-order valence-electron chi connectivity index (χ1n) is 9.01. The topological polar surface area (TPSA) is 76.2 Å². The summed E-state index contributed by atoms with van der Waals surface area (Å²) in [5.41, 5.74) is 2.96. The van der Waals surface area contributed by atoms with Crippen LogP contribution in [0.15, 0.2) is 41.4 Å². The highest BCUT2D eigenvalue weighted by molar-refractivity contribution is 7.08. The number of rotatable bonds is 4. The molecule has 5 heterocycles. The van der Waals surface area contributed by atoms with Crippen LogP contribution in [0.2, 0.25) is 0 Å². The lowest BCUT2D eigenvalue weighted by atomic mass is 10.1. The number of piperidine rings is 1. The van der Waals surface area contributed by atoms with Gasteiger partial charge in [0.1, 0.15) is 5.82 Å². The van der Waals surface area contributed by atoms with Crippen molar-refractivity contribution in [2.45, 2.75) is 18.9 Å². The van der Waals surface area contributed by atoms with Crippen LogP contribution in [-0.2, 0) is 7.05 Å². The van der Waals surface area contributed by atoms with Crippen LogP contribution >= 0.6 is 11.3 Å². The molecule has 0 aliphatic carbocycles. The standard InChI is InChI=1S/C18H20N8S/c1-24-11-15(9-19-24)25-7-2-3-14(10-25)20-16-4-5-17-21-22-18(26(17)23-16)13-6-8-27-12-13/h4-6,8-9,11-12,14H,2-3,7,10H2,1H3,(H,20,23). The molecule has 1 aliphatic heterocycles. The zero-order valence-electron chi connectivity index (χ0n) is 15.0. The van der Waals surface area contributed by atoms with E-state index in [1.54, 1.807) is 11.3 Å². The summed E-state index contributed by atoms with van der Waals surface area (Å²) in [4.78, 5) is 2.38. The van der Waals surface area contributed by atoms with Gasteiger partial charge < -0.3 is 10.2 Å². The molecule has 1 unspecified atom stereocenters. The summed E-state index contributed by atoms with van der Waals surface area (Å²) < 4.78 is 3.66. The highest BCUT2D eigenvalue weighted by Gasteiger charge is 2.21. The van der Waals surface area contributed by atoms with Gasteiger partial charge in [-0.15, -0.1) is 15.3 Å². The van der Waals surface area contributed by atoms with Crippen molar-refractivity contribution < 1.29 is 0 Å². The number of thiophene rings is 1. The fourth-order valence-corrected chi connectivity index (χ4v) is 4.18. The Hall–Kier alpha value is -2.94. The third-order valence-electron chi connectivity index (χ3n) is 4.87. The summed E-state index contributed by atoms with van der Waals surface area (Å²) in [5.74, 6) is 1.62. The quantitative estimate of drug-likeness (QED) is 0.587. The summed E-state index contributed by atoms with van der Waals surface area (Å²) in [6.45, 7) is 2.00. The Labute approximate surface area is 160 Å². The zero-order chi connectivity index (χ0) is 18.2. The van der Waals surface area contributed by atoms with E-state index in [4.69, 9.17) is 5.10 Å². The number of hydrogen-bond donors (Lipinski definition) is 1. The van der Waals surface area contributed by atoms with Crippen LogP contribution in [0.3, 0.4) is 0 Å². The fraction of sp³-hybridized carbons (Fsp3) is 0.333. The lowest BCUT2D eigenvalue weighted by Crippen LogP contribution is -2.42. The second kappa shape index (κ2) is 6.66. The van der Waals surface area contributed by atoms with Crippen molar-refractivity contribution in [1.82, 2.24) is 29.6 Å². The van der Waals surface area contributed by atoms with Crippen LogP contribution in [0.4, 0.5) is 11.5 Å². The van der Waals surface area contributed by atoms with Crippen molar-refractivity contribution in [3.63, 3.8) is 0 Å². The lowest BCUT2D eigenvalue weighted by molar-refractivity contribution is 0.528. The van der Waals surface area contributed by atoms with Gasteiger partial charge in [0.05, 0.1) is 11.9 Å². The molecule has 1 saturated heterocycles. The first kappa shape index (κ1) is 16.2. The largest absolute Gasteiger partial charge is 0.367 e. The van der Waals surface area contributed by atoms with Crippen LogP contribution in [0.25, 0.3) is 17.0 Å². The van der Waals surface area contributed by atoms with Crippen molar-refractivity contribution in [3.05, 3.63) is 41.4 Å². The average Bonchev–Trinajstić information content (AvgIpc) is 3.42. The van der Waals surface area contributed by atoms with E-state index in [2.05, 4.69) is 37.1 Å². The number of hydrogen-bond acceptors (Lipinski definition) is 7. The van der Waals surface area contributed by atoms with Gasteiger partial charge in [0, 0.05) is 43.3 Å². The minimum atomic E-state index is 0.338. The number of fused-ring (bicyclic) bond motifs is 1.